The van der Waals surface area contributed by atoms with Crippen molar-refractivity contribution in [3.8, 4) is 0 Å². The first-order chi connectivity index (χ1) is 13.1. The molecule has 0 aromatic heterocycles. The maximum Gasteiger partial charge on any atom is 0.319 e. The van der Waals surface area contributed by atoms with Gasteiger partial charge >= 0.3 is 6.03 Å². The number of halogens is 1. The van der Waals surface area contributed by atoms with E-state index in [0.29, 0.717) is 25.3 Å². The maximum atomic E-state index is 12.8. The predicted octanol–water partition coefficient (Wildman–Crippen LogP) is 2.82. The van der Waals surface area contributed by atoms with E-state index in [4.69, 9.17) is 5.73 Å². The van der Waals surface area contributed by atoms with Crippen molar-refractivity contribution < 1.29 is 9.59 Å². The molecule has 1 heterocycles. The second-order valence-corrected chi connectivity index (χ2v) is 6.94. The molecule has 4 N–H and O–H groups in total. The van der Waals surface area contributed by atoms with Gasteiger partial charge in [0.2, 0.25) is 5.91 Å². The molecule has 1 aliphatic rings. The summed E-state index contributed by atoms with van der Waals surface area (Å²) in [6, 6.07) is 18.3. The number of anilines is 1. The van der Waals surface area contributed by atoms with E-state index in [-0.39, 0.29) is 30.2 Å². The normalized spacial score (nSPS) is 19.4. The molecule has 0 bridgehead atoms. The van der Waals surface area contributed by atoms with Crippen molar-refractivity contribution in [1.82, 2.24) is 10.2 Å². The summed E-state index contributed by atoms with van der Waals surface area (Å²) in [5, 5.41) is 5.45. The fourth-order valence-electron chi connectivity index (χ4n) is 3.59. The lowest BCUT2D eigenvalue weighted by atomic mass is 9.89. The molecular weight excluding hydrogens is 376 g/mol. The highest BCUT2D eigenvalue weighted by Crippen LogP contribution is 2.32. The quantitative estimate of drug-likeness (QED) is 0.718. The SMILES string of the molecule is CC(NC(=O)Nc1ccccc1)C(=O)N1C[C@@H](CN)[C@H](c2ccccc2)C1.Cl. The lowest BCUT2D eigenvalue weighted by Gasteiger charge is -2.22. The molecule has 0 aliphatic carbocycles. The van der Waals surface area contributed by atoms with Crippen molar-refractivity contribution in [2.24, 2.45) is 11.7 Å². The van der Waals surface area contributed by atoms with Gasteiger partial charge in [-0.3, -0.25) is 4.79 Å². The lowest BCUT2D eigenvalue weighted by molar-refractivity contribution is -0.131. The van der Waals surface area contributed by atoms with Crippen molar-refractivity contribution in [1.29, 1.82) is 0 Å². The number of rotatable bonds is 5. The Morgan fingerprint density at radius 2 is 1.68 bits per heavy atom. The molecule has 1 unspecified atom stereocenters. The molecule has 2 aromatic carbocycles. The van der Waals surface area contributed by atoms with Gasteiger partial charge in [-0.1, -0.05) is 48.5 Å². The summed E-state index contributed by atoms with van der Waals surface area (Å²) in [6.07, 6.45) is 0. The van der Waals surface area contributed by atoms with Crippen LogP contribution >= 0.6 is 12.4 Å². The minimum atomic E-state index is -0.610. The summed E-state index contributed by atoms with van der Waals surface area (Å²) in [7, 11) is 0. The Morgan fingerprint density at radius 1 is 1.07 bits per heavy atom. The Morgan fingerprint density at radius 3 is 2.29 bits per heavy atom. The van der Waals surface area contributed by atoms with E-state index in [9.17, 15) is 9.59 Å². The van der Waals surface area contributed by atoms with Gasteiger partial charge in [-0.2, -0.15) is 0 Å². The van der Waals surface area contributed by atoms with Crippen LogP contribution in [0.1, 0.15) is 18.4 Å². The molecule has 3 amide bonds. The molecule has 0 radical (unpaired) electrons. The van der Waals surface area contributed by atoms with Crippen molar-refractivity contribution in [3.05, 3.63) is 66.2 Å². The van der Waals surface area contributed by atoms with Crippen LogP contribution in [0.15, 0.2) is 60.7 Å². The van der Waals surface area contributed by atoms with E-state index in [1.165, 1.54) is 5.56 Å². The molecule has 3 rings (SSSR count). The first-order valence-corrected chi connectivity index (χ1v) is 9.25. The lowest BCUT2D eigenvalue weighted by Crippen LogP contribution is -2.47. The molecule has 150 valence electrons. The van der Waals surface area contributed by atoms with Crippen LogP contribution in [0.3, 0.4) is 0 Å². The maximum absolute atomic E-state index is 12.8. The van der Waals surface area contributed by atoms with Crippen LogP contribution in [0.2, 0.25) is 0 Å². The number of nitrogens with zero attached hydrogens (tertiary/aromatic N) is 1. The molecule has 1 fully saturated rings. The van der Waals surface area contributed by atoms with Crippen LogP contribution in [0, 0.1) is 5.92 Å². The first-order valence-electron chi connectivity index (χ1n) is 9.25. The molecular formula is C21H27ClN4O2. The van der Waals surface area contributed by atoms with E-state index < -0.39 is 12.1 Å². The van der Waals surface area contributed by atoms with Gasteiger partial charge in [0.1, 0.15) is 6.04 Å². The van der Waals surface area contributed by atoms with E-state index >= 15 is 0 Å². The number of likely N-dealkylation sites (tertiary alicyclic amines) is 1. The minimum absolute atomic E-state index is 0. The number of carbonyl (C=O) groups is 2. The number of urea groups is 1. The molecule has 3 atom stereocenters. The van der Waals surface area contributed by atoms with Crippen LogP contribution < -0.4 is 16.4 Å². The Kier molecular flexibility index (Phi) is 7.84. The number of carbonyl (C=O) groups excluding carboxylic acids is 2. The Balaban J connectivity index is 0.00000280. The summed E-state index contributed by atoms with van der Waals surface area (Å²) in [4.78, 5) is 26.8. The highest BCUT2D eigenvalue weighted by molar-refractivity contribution is 5.93. The fourth-order valence-corrected chi connectivity index (χ4v) is 3.59. The summed E-state index contributed by atoms with van der Waals surface area (Å²) in [6.45, 7) is 3.47. The molecule has 1 aliphatic heterocycles. The smallest absolute Gasteiger partial charge is 0.319 e. The Labute approximate surface area is 171 Å². The second-order valence-electron chi connectivity index (χ2n) is 6.94. The number of nitrogens with two attached hydrogens (primary N) is 1. The first kappa shape index (κ1) is 21.7. The number of para-hydroxylation sites is 1. The average molecular weight is 403 g/mol. The zero-order chi connectivity index (χ0) is 19.2. The number of hydrogen-bond donors (Lipinski definition) is 3. The highest BCUT2D eigenvalue weighted by atomic mass is 35.5. The van der Waals surface area contributed by atoms with E-state index in [1.54, 1.807) is 19.1 Å². The van der Waals surface area contributed by atoms with Crippen LogP contribution in [0.4, 0.5) is 10.5 Å². The van der Waals surface area contributed by atoms with Gasteiger partial charge in [-0.05, 0) is 37.1 Å². The van der Waals surface area contributed by atoms with Crippen molar-refractivity contribution in [3.63, 3.8) is 0 Å². The van der Waals surface area contributed by atoms with Gasteiger partial charge in [0.15, 0.2) is 0 Å². The van der Waals surface area contributed by atoms with E-state index in [2.05, 4.69) is 22.8 Å². The molecule has 7 heteroatoms. The monoisotopic (exact) mass is 402 g/mol. The van der Waals surface area contributed by atoms with Crippen molar-refractivity contribution in [2.75, 3.05) is 25.0 Å². The van der Waals surface area contributed by atoms with Gasteiger partial charge < -0.3 is 21.3 Å². The molecule has 1 saturated heterocycles. The van der Waals surface area contributed by atoms with Gasteiger partial charge in [0, 0.05) is 24.7 Å². The predicted molar refractivity (Wildman–Crippen MR) is 114 cm³/mol. The third kappa shape index (κ3) is 5.24. The van der Waals surface area contributed by atoms with Crippen LogP contribution in [0.5, 0.6) is 0 Å². The Hall–Kier alpha value is -2.57. The van der Waals surface area contributed by atoms with E-state index in [0.717, 1.165) is 0 Å². The third-order valence-electron chi connectivity index (χ3n) is 5.03. The molecule has 6 nitrogen and oxygen atoms in total. The summed E-state index contributed by atoms with van der Waals surface area (Å²) < 4.78 is 0. The molecule has 28 heavy (non-hydrogen) atoms. The zero-order valence-corrected chi connectivity index (χ0v) is 16.7. The van der Waals surface area contributed by atoms with Crippen molar-refractivity contribution >= 4 is 30.0 Å². The number of nitrogens with one attached hydrogen (secondary N) is 2. The van der Waals surface area contributed by atoms with Gasteiger partial charge in [0.05, 0.1) is 0 Å². The van der Waals surface area contributed by atoms with Crippen LogP contribution in [0.25, 0.3) is 0 Å². The zero-order valence-electron chi connectivity index (χ0n) is 15.9. The van der Waals surface area contributed by atoms with Gasteiger partial charge in [-0.25, -0.2) is 4.79 Å². The molecule has 2 aromatic rings. The summed E-state index contributed by atoms with van der Waals surface area (Å²) in [5.74, 6) is 0.363. The van der Waals surface area contributed by atoms with E-state index in [1.807, 2.05) is 41.3 Å². The molecule has 0 spiro atoms. The van der Waals surface area contributed by atoms with Crippen LogP contribution in [-0.2, 0) is 4.79 Å². The van der Waals surface area contributed by atoms with Gasteiger partial charge in [-0.15, -0.1) is 12.4 Å². The highest BCUT2D eigenvalue weighted by Gasteiger charge is 2.36. The van der Waals surface area contributed by atoms with Crippen LogP contribution in [-0.4, -0.2) is 42.5 Å². The Bertz CT molecular complexity index is 772. The standard InChI is InChI=1S/C21H26N4O2.ClH/c1-15(23-21(27)24-18-10-6-3-7-11-18)20(26)25-13-17(12-22)19(14-25)16-8-4-2-5-9-16;/h2-11,15,17,19H,12-14,22H2,1H3,(H2,23,24,27);1H/t15?,17-,19+;/m1./s1. The topological polar surface area (TPSA) is 87.5 Å². The van der Waals surface area contributed by atoms with Gasteiger partial charge in [0.25, 0.3) is 0 Å². The average Bonchev–Trinajstić information content (AvgIpc) is 3.13. The number of benzene rings is 2. The fraction of sp³-hybridized carbons (Fsp3) is 0.333. The molecule has 0 saturated carbocycles. The number of amides is 3. The minimum Gasteiger partial charge on any atom is -0.340 e. The second kappa shape index (κ2) is 10.1. The largest absolute Gasteiger partial charge is 0.340 e. The third-order valence-corrected chi connectivity index (χ3v) is 5.03. The number of hydrogen-bond acceptors (Lipinski definition) is 3. The summed E-state index contributed by atoms with van der Waals surface area (Å²) >= 11 is 0. The summed E-state index contributed by atoms with van der Waals surface area (Å²) in [5.41, 5.74) is 7.83. The van der Waals surface area contributed by atoms with Crippen molar-refractivity contribution in [2.45, 2.75) is 18.9 Å².